The second-order valence-electron chi connectivity index (χ2n) is 5.69. The average molecular weight is 420 g/mol. The van der Waals surface area contributed by atoms with Crippen LogP contribution in [0, 0.1) is 0 Å². The van der Waals surface area contributed by atoms with Gasteiger partial charge in [-0.1, -0.05) is 29.3 Å². The first-order chi connectivity index (χ1) is 13.4. The molecule has 0 unspecified atom stereocenters. The molecular weight excluding hydrogens is 405 g/mol. The number of aliphatic imine (C=N–C) groups is 1. The first-order valence-corrected chi connectivity index (χ1v) is 9.06. The molecule has 2 aromatic carbocycles. The lowest BCUT2D eigenvalue weighted by atomic mass is 10.1. The molecular formula is C20H15Cl2NO5. The van der Waals surface area contributed by atoms with Gasteiger partial charge in [0.2, 0.25) is 5.90 Å². The molecule has 3 rings (SSSR count). The maximum atomic E-state index is 12.2. The highest BCUT2D eigenvalue weighted by atomic mass is 35.5. The van der Waals surface area contributed by atoms with Gasteiger partial charge in [0.25, 0.3) is 0 Å². The molecule has 0 bridgehead atoms. The number of carbonyl (C=O) groups excluding carboxylic acids is 2. The molecule has 0 aromatic heterocycles. The van der Waals surface area contributed by atoms with Gasteiger partial charge in [-0.2, -0.15) is 0 Å². The summed E-state index contributed by atoms with van der Waals surface area (Å²) < 4.78 is 15.8. The number of ether oxygens (including phenoxy) is 3. The number of hydrogen-bond acceptors (Lipinski definition) is 6. The number of nitrogens with zero attached hydrogens (tertiary/aromatic N) is 1. The Morgan fingerprint density at radius 3 is 2.64 bits per heavy atom. The van der Waals surface area contributed by atoms with Crippen molar-refractivity contribution in [3.8, 4) is 11.5 Å². The van der Waals surface area contributed by atoms with Crippen molar-refractivity contribution < 1.29 is 23.8 Å². The molecule has 0 saturated carbocycles. The Kier molecular flexibility index (Phi) is 6.02. The zero-order chi connectivity index (χ0) is 20.3. The molecule has 0 aliphatic carbocycles. The van der Waals surface area contributed by atoms with E-state index >= 15 is 0 Å². The number of carbonyl (C=O) groups is 2. The molecule has 1 heterocycles. The summed E-state index contributed by atoms with van der Waals surface area (Å²) in [5, 5.41) is 0.787. The molecule has 6 nitrogen and oxygen atoms in total. The maximum absolute atomic E-state index is 12.2. The van der Waals surface area contributed by atoms with Crippen LogP contribution in [-0.4, -0.2) is 24.4 Å². The van der Waals surface area contributed by atoms with Crippen LogP contribution in [0.15, 0.2) is 47.1 Å². The van der Waals surface area contributed by atoms with E-state index < -0.39 is 11.9 Å². The van der Waals surface area contributed by atoms with Crippen molar-refractivity contribution in [2.45, 2.75) is 13.8 Å². The van der Waals surface area contributed by atoms with Gasteiger partial charge in [0, 0.05) is 11.9 Å². The van der Waals surface area contributed by atoms with Gasteiger partial charge in [0.05, 0.1) is 17.2 Å². The summed E-state index contributed by atoms with van der Waals surface area (Å²) in [5.41, 5.74) is 1.19. The van der Waals surface area contributed by atoms with Crippen molar-refractivity contribution in [3.05, 3.63) is 63.3 Å². The molecule has 0 N–H and O–H groups in total. The maximum Gasteiger partial charge on any atom is 0.363 e. The highest BCUT2D eigenvalue weighted by Gasteiger charge is 2.25. The predicted molar refractivity (Wildman–Crippen MR) is 106 cm³/mol. The van der Waals surface area contributed by atoms with E-state index in [9.17, 15) is 9.59 Å². The number of cyclic esters (lactones) is 1. The van der Waals surface area contributed by atoms with Gasteiger partial charge < -0.3 is 14.2 Å². The van der Waals surface area contributed by atoms with Crippen LogP contribution in [0.5, 0.6) is 11.5 Å². The summed E-state index contributed by atoms with van der Waals surface area (Å²) in [4.78, 5) is 27.6. The Balaban J connectivity index is 1.94. The molecule has 144 valence electrons. The SMILES string of the molecule is CCOc1cc(/C=C2/N=C(c3ccc(Cl)cc3Cl)OC2=O)ccc1OC(C)=O. The van der Waals surface area contributed by atoms with Gasteiger partial charge in [0.1, 0.15) is 0 Å². The van der Waals surface area contributed by atoms with Gasteiger partial charge >= 0.3 is 11.9 Å². The van der Waals surface area contributed by atoms with E-state index in [4.69, 9.17) is 37.4 Å². The second kappa shape index (κ2) is 8.46. The highest BCUT2D eigenvalue weighted by Crippen LogP contribution is 2.31. The van der Waals surface area contributed by atoms with Crippen LogP contribution in [0.4, 0.5) is 0 Å². The minimum atomic E-state index is -0.608. The fourth-order valence-corrected chi connectivity index (χ4v) is 2.96. The second-order valence-corrected chi connectivity index (χ2v) is 6.54. The summed E-state index contributed by atoms with van der Waals surface area (Å²) in [7, 11) is 0. The van der Waals surface area contributed by atoms with E-state index in [0.717, 1.165) is 0 Å². The van der Waals surface area contributed by atoms with Gasteiger partial charge in [-0.05, 0) is 48.9 Å². The molecule has 0 fully saturated rings. The third kappa shape index (κ3) is 4.52. The molecule has 28 heavy (non-hydrogen) atoms. The summed E-state index contributed by atoms with van der Waals surface area (Å²) in [6.45, 7) is 3.50. The first-order valence-electron chi connectivity index (χ1n) is 8.30. The first kappa shape index (κ1) is 19.9. The standard InChI is InChI=1S/C20H15Cl2NO5/c1-3-26-18-9-12(4-7-17(18)27-11(2)24)8-16-20(25)28-19(23-16)14-6-5-13(21)10-15(14)22/h4-10H,3H2,1-2H3/b16-8+. The molecule has 0 amide bonds. The lowest BCUT2D eigenvalue weighted by Crippen LogP contribution is -2.06. The Bertz CT molecular complexity index is 1010. The van der Waals surface area contributed by atoms with Crippen LogP contribution in [0.2, 0.25) is 10.0 Å². The van der Waals surface area contributed by atoms with E-state index in [-0.39, 0.29) is 11.6 Å². The Morgan fingerprint density at radius 1 is 1.18 bits per heavy atom. The minimum absolute atomic E-state index is 0.0967. The van der Waals surface area contributed by atoms with Gasteiger partial charge in [0.15, 0.2) is 17.2 Å². The average Bonchev–Trinajstić information content (AvgIpc) is 2.97. The lowest BCUT2D eigenvalue weighted by Gasteiger charge is -2.10. The Morgan fingerprint density at radius 2 is 1.96 bits per heavy atom. The van der Waals surface area contributed by atoms with Crippen LogP contribution in [0.3, 0.4) is 0 Å². The zero-order valence-corrected chi connectivity index (χ0v) is 16.5. The molecule has 1 aliphatic rings. The summed E-state index contributed by atoms with van der Waals surface area (Å²) >= 11 is 12.0. The predicted octanol–water partition coefficient (Wildman–Crippen LogP) is 4.66. The molecule has 0 spiro atoms. The third-order valence-electron chi connectivity index (χ3n) is 3.61. The normalized spacial score (nSPS) is 14.6. The summed E-state index contributed by atoms with van der Waals surface area (Å²) in [6.07, 6.45) is 1.54. The van der Waals surface area contributed by atoms with Gasteiger partial charge in [-0.25, -0.2) is 9.79 Å². The van der Waals surface area contributed by atoms with Gasteiger partial charge in [-0.15, -0.1) is 0 Å². The van der Waals surface area contributed by atoms with Crippen LogP contribution in [0.1, 0.15) is 25.0 Å². The number of rotatable bonds is 5. The van der Waals surface area contributed by atoms with Crippen LogP contribution in [-0.2, 0) is 14.3 Å². The number of esters is 2. The topological polar surface area (TPSA) is 74.2 Å². The van der Waals surface area contributed by atoms with Crippen molar-refractivity contribution in [2.24, 2.45) is 4.99 Å². The number of benzene rings is 2. The molecule has 0 radical (unpaired) electrons. The minimum Gasteiger partial charge on any atom is -0.490 e. The van der Waals surface area contributed by atoms with Crippen LogP contribution in [0.25, 0.3) is 6.08 Å². The van der Waals surface area contributed by atoms with Crippen molar-refractivity contribution in [1.29, 1.82) is 0 Å². The molecule has 0 atom stereocenters. The van der Waals surface area contributed by atoms with E-state index in [0.29, 0.717) is 39.3 Å². The van der Waals surface area contributed by atoms with Crippen LogP contribution < -0.4 is 9.47 Å². The molecule has 0 saturated heterocycles. The van der Waals surface area contributed by atoms with E-state index in [1.54, 1.807) is 42.5 Å². The van der Waals surface area contributed by atoms with E-state index in [2.05, 4.69) is 4.99 Å². The third-order valence-corrected chi connectivity index (χ3v) is 4.15. The number of halogens is 2. The Labute approximate surface area is 171 Å². The fourth-order valence-electron chi connectivity index (χ4n) is 2.47. The smallest absolute Gasteiger partial charge is 0.363 e. The molecule has 1 aliphatic heterocycles. The monoisotopic (exact) mass is 419 g/mol. The zero-order valence-electron chi connectivity index (χ0n) is 15.0. The molecule has 2 aromatic rings. The fraction of sp³-hybridized carbons (Fsp3) is 0.150. The quantitative estimate of drug-likeness (QED) is 0.400. The van der Waals surface area contributed by atoms with Crippen LogP contribution >= 0.6 is 23.2 Å². The number of hydrogen-bond donors (Lipinski definition) is 0. The van der Waals surface area contributed by atoms with E-state index in [1.165, 1.54) is 6.92 Å². The highest BCUT2D eigenvalue weighted by molar-refractivity contribution is 6.37. The summed E-state index contributed by atoms with van der Waals surface area (Å²) in [5.74, 6) is -0.297. The van der Waals surface area contributed by atoms with Crippen molar-refractivity contribution in [1.82, 2.24) is 0 Å². The Hall–Kier alpha value is -2.83. The van der Waals surface area contributed by atoms with E-state index in [1.807, 2.05) is 6.92 Å². The summed E-state index contributed by atoms with van der Waals surface area (Å²) in [6, 6.07) is 9.69. The molecule has 8 heteroatoms. The van der Waals surface area contributed by atoms with Crippen molar-refractivity contribution in [3.63, 3.8) is 0 Å². The van der Waals surface area contributed by atoms with Gasteiger partial charge in [-0.3, -0.25) is 4.79 Å². The van der Waals surface area contributed by atoms with Crippen molar-refractivity contribution >= 4 is 47.1 Å². The largest absolute Gasteiger partial charge is 0.490 e. The lowest BCUT2D eigenvalue weighted by molar-refractivity contribution is -0.132. The van der Waals surface area contributed by atoms with Crippen molar-refractivity contribution in [2.75, 3.05) is 6.61 Å².